The van der Waals surface area contributed by atoms with Crippen LogP contribution >= 0.6 is 12.4 Å². The van der Waals surface area contributed by atoms with E-state index in [4.69, 9.17) is 5.73 Å². The number of hydrogen-bond acceptors (Lipinski definition) is 5. The highest BCUT2D eigenvalue weighted by molar-refractivity contribution is 7.89. The molecule has 1 aliphatic rings. The second-order valence-corrected chi connectivity index (χ2v) is 8.27. The summed E-state index contributed by atoms with van der Waals surface area (Å²) in [6.45, 7) is 0.136. The maximum absolute atomic E-state index is 12.3. The monoisotopic (exact) mass is 423 g/mol. The third-order valence-electron chi connectivity index (χ3n) is 4.42. The Hall–Kier alpha value is -2.26. The summed E-state index contributed by atoms with van der Waals surface area (Å²) in [6.07, 6.45) is 0.154. The number of halogens is 1. The number of amides is 2. The number of carbonyl (C=O) groups excluding carboxylic acids is 2. The largest absolute Gasteiger partial charge is 0.323 e. The highest BCUT2D eigenvalue weighted by atomic mass is 35.5. The first kappa shape index (κ1) is 22.0. The van der Waals surface area contributed by atoms with Crippen LogP contribution in [0.25, 0.3) is 0 Å². The van der Waals surface area contributed by atoms with Gasteiger partial charge < -0.3 is 5.73 Å². The van der Waals surface area contributed by atoms with Gasteiger partial charge in [0.15, 0.2) is 0 Å². The van der Waals surface area contributed by atoms with Crippen LogP contribution in [0, 0.1) is 0 Å². The molecule has 1 atom stereocenters. The van der Waals surface area contributed by atoms with E-state index in [9.17, 15) is 18.0 Å². The summed E-state index contributed by atoms with van der Waals surface area (Å²) in [5.41, 5.74) is 7.55. The van der Waals surface area contributed by atoms with Crippen LogP contribution in [0.15, 0.2) is 54.6 Å². The summed E-state index contributed by atoms with van der Waals surface area (Å²) in [5.74, 6) is -0.957. The number of carbonyl (C=O) groups is 2. The maximum Gasteiger partial charge on any atom is 0.261 e. The molecule has 0 saturated heterocycles. The van der Waals surface area contributed by atoms with Gasteiger partial charge >= 0.3 is 0 Å². The van der Waals surface area contributed by atoms with Gasteiger partial charge in [-0.1, -0.05) is 42.5 Å². The third-order valence-corrected chi connectivity index (χ3v) is 5.86. The molecule has 2 aromatic rings. The Kier molecular flexibility index (Phi) is 7.31. The predicted molar refractivity (Wildman–Crippen MR) is 109 cm³/mol. The molecule has 0 fully saturated rings. The normalized spacial score (nSPS) is 14.5. The van der Waals surface area contributed by atoms with E-state index < -0.39 is 16.1 Å². The Morgan fingerprint density at radius 2 is 1.46 bits per heavy atom. The molecule has 0 aromatic heterocycles. The fourth-order valence-corrected chi connectivity index (χ4v) is 4.05. The average Bonchev–Trinajstić information content (AvgIpc) is 2.92. The van der Waals surface area contributed by atoms with Crippen molar-refractivity contribution in [1.29, 1.82) is 0 Å². The van der Waals surface area contributed by atoms with Gasteiger partial charge in [-0.05, 0) is 24.1 Å². The van der Waals surface area contributed by atoms with Crippen LogP contribution in [0.4, 0.5) is 0 Å². The molecule has 1 unspecified atom stereocenters. The second-order valence-electron chi connectivity index (χ2n) is 6.35. The molecule has 28 heavy (non-hydrogen) atoms. The van der Waals surface area contributed by atoms with Gasteiger partial charge in [0.1, 0.15) is 0 Å². The quantitative estimate of drug-likeness (QED) is 0.628. The molecule has 0 spiro atoms. The van der Waals surface area contributed by atoms with E-state index in [1.165, 1.54) is 0 Å². The maximum atomic E-state index is 12.3. The Balaban J connectivity index is 0.00000280. The molecule has 0 radical (unpaired) electrons. The highest BCUT2D eigenvalue weighted by Crippen LogP contribution is 2.22. The van der Waals surface area contributed by atoms with E-state index in [1.54, 1.807) is 24.3 Å². The van der Waals surface area contributed by atoms with E-state index in [0.29, 0.717) is 11.1 Å². The van der Waals surface area contributed by atoms with Crippen molar-refractivity contribution in [1.82, 2.24) is 9.62 Å². The second kappa shape index (κ2) is 9.29. The van der Waals surface area contributed by atoms with Gasteiger partial charge in [-0.2, -0.15) is 0 Å². The van der Waals surface area contributed by atoms with Crippen molar-refractivity contribution in [3.63, 3.8) is 0 Å². The van der Waals surface area contributed by atoms with E-state index >= 15 is 0 Å². The number of nitrogens with two attached hydrogens (primary N) is 1. The molecule has 2 aromatic carbocycles. The standard InChI is InChI=1S/C19H21N3O4S.ClH/c20-17(14-7-2-1-3-8-14)13-21-27(25,26)12-6-11-22-18(23)15-9-4-5-10-16(15)19(22)24;/h1-5,7-10,17,21H,6,11-13,20H2;1H. The minimum atomic E-state index is -3.56. The summed E-state index contributed by atoms with van der Waals surface area (Å²) in [4.78, 5) is 25.6. The number of hydrogen-bond donors (Lipinski definition) is 2. The molecular formula is C19H22ClN3O4S. The minimum absolute atomic E-state index is 0. The number of nitrogens with one attached hydrogen (secondary N) is 1. The number of fused-ring (bicyclic) bond motifs is 1. The van der Waals surface area contributed by atoms with Crippen LogP contribution in [-0.4, -0.2) is 44.0 Å². The lowest BCUT2D eigenvalue weighted by Gasteiger charge is -2.15. The SMILES string of the molecule is Cl.NC(CNS(=O)(=O)CCCN1C(=O)c2ccccc2C1=O)c1ccccc1. The van der Waals surface area contributed by atoms with Crippen molar-refractivity contribution in [3.05, 3.63) is 71.3 Å². The van der Waals surface area contributed by atoms with Crippen LogP contribution in [0.1, 0.15) is 38.7 Å². The molecular weight excluding hydrogens is 402 g/mol. The first-order valence-corrected chi connectivity index (χ1v) is 10.3. The third kappa shape index (κ3) is 4.96. The van der Waals surface area contributed by atoms with Crippen LogP contribution in [-0.2, 0) is 10.0 Å². The zero-order chi connectivity index (χ0) is 19.4. The van der Waals surface area contributed by atoms with Crippen LogP contribution < -0.4 is 10.5 Å². The molecule has 0 bridgehead atoms. The van der Waals surface area contributed by atoms with Crippen molar-refractivity contribution in [2.24, 2.45) is 5.73 Å². The van der Waals surface area contributed by atoms with Gasteiger partial charge in [-0.3, -0.25) is 14.5 Å². The fraction of sp³-hybridized carbons (Fsp3) is 0.263. The van der Waals surface area contributed by atoms with Crippen LogP contribution in [0.2, 0.25) is 0 Å². The van der Waals surface area contributed by atoms with Crippen molar-refractivity contribution >= 4 is 34.2 Å². The Morgan fingerprint density at radius 3 is 2.04 bits per heavy atom. The lowest BCUT2D eigenvalue weighted by atomic mass is 10.1. The smallest absolute Gasteiger partial charge is 0.261 e. The summed E-state index contributed by atoms with van der Waals surface area (Å²) in [5, 5.41) is 0. The summed E-state index contributed by atoms with van der Waals surface area (Å²) in [7, 11) is -3.56. The number of rotatable bonds is 8. The molecule has 0 saturated carbocycles. The first-order valence-electron chi connectivity index (χ1n) is 8.62. The predicted octanol–water partition coefficient (Wildman–Crippen LogP) is 1.71. The van der Waals surface area contributed by atoms with Crippen LogP contribution in [0.5, 0.6) is 0 Å². The van der Waals surface area contributed by atoms with Gasteiger partial charge in [0, 0.05) is 19.1 Å². The zero-order valence-corrected chi connectivity index (χ0v) is 16.7. The summed E-state index contributed by atoms with van der Waals surface area (Å²) >= 11 is 0. The van der Waals surface area contributed by atoms with Gasteiger partial charge in [0.2, 0.25) is 10.0 Å². The molecule has 9 heteroatoms. The van der Waals surface area contributed by atoms with Gasteiger partial charge in [0.25, 0.3) is 11.8 Å². The Bertz CT molecular complexity index is 916. The molecule has 0 aliphatic carbocycles. The highest BCUT2D eigenvalue weighted by Gasteiger charge is 2.34. The van der Waals surface area contributed by atoms with E-state index in [2.05, 4.69) is 4.72 Å². The van der Waals surface area contributed by atoms with Gasteiger partial charge in [0.05, 0.1) is 16.9 Å². The number of imide groups is 1. The lowest BCUT2D eigenvalue weighted by Crippen LogP contribution is -2.36. The first-order chi connectivity index (χ1) is 12.9. The molecule has 1 aliphatic heterocycles. The molecule has 1 heterocycles. The van der Waals surface area contributed by atoms with Crippen molar-refractivity contribution in [2.45, 2.75) is 12.5 Å². The topological polar surface area (TPSA) is 110 Å². The van der Waals surface area contributed by atoms with Crippen molar-refractivity contribution in [2.75, 3.05) is 18.8 Å². The van der Waals surface area contributed by atoms with Crippen LogP contribution in [0.3, 0.4) is 0 Å². The van der Waals surface area contributed by atoms with E-state index in [0.717, 1.165) is 10.5 Å². The molecule has 3 N–H and O–H groups in total. The Morgan fingerprint density at radius 1 is 0.929 bits per heavy atom. The van der Waals surface area contributed by atoms with Gasteiger partial charge in [-0.15, -0.1) is 12.4 Å². The summed E-state index contributed by atoms with van der Waals surface area (Å²) < 4.78 is 26.8. The van der Waals surface area contributed by atoms with E-state index in [1.807, 2.05) is 30.3 Å². The van der Waals surface area contributed by atoms with Gasteiger partial charge in [-0.25, -0.2) is 13.1 Å². The minimum Gasteiger partial charge on any atom is -0.323 e. The lowest BCUT2D eigenvalue weighted by molar-refractivity contribution is 0.0654. The fourth-order valence-electron chi connectivity index (χ4n) is 2.96. The van der Waals surface area contributed by atoms with Crippen molar-refractivity contribution in [3.8, 4) is 0 Å². The Labute approximate surface area is 170 Å². The zero-order valence-electron chi connectivity index (χ0n) is 15.1. The number of benzene rings is 2. The number of nitrogens with zero attached hydrogens (tertiary/aromatic N) is 1. The van der Waals surface area contributed by atoms with E-state index in [-0.39, 0.29) is 49.5 Å². The number of sulfonamides is 1. The molecule has 7 nitrogen and oxygen atoms in total. The molecule has 3 rings (SSSR count). The van der Waals surface area contributed by atoms with Crippen molar-refractivity contribution < 1.29 is 18.0 Å². The molecule has 2 amide bonds. The summed E-state index contributed by atoms with van der Waals surface area (Å²) in [6, 6.07) is 15.3. The molecule has 150 valence electrons. The average molecular weight is 424 g/mol.